The summed E-state index contributed by atoms with van der Waals surface area (Å²) in [7, 11) is 0. The summed E-state index contributed by atoms with van der Waals surface area (Å²) in [6.45, 7) is 4.67. The van der Waals surface area contributed by atoms with Gasteiger partial charge in [-0.1, -0.05) is 12.1 Å². The van der Waals surface area contributed by atoms with E-state index in [0.717, 1.165) is 60.6 Å². The number of rotatable bonds is 5. The Kier molecular flexibility index (Phi) is 6.11. The fourth-order valence-corrected chi connectivity index (χ4v) is 5.66. The van der Waals surface area contributed by atoms with Crippen molar-refractivity contribution in [1.29, 1.82) is 0 Å². The highest BCUT2D eigenvalue weighted by molar-refractivity contribution is 7.18. The van der Waals surface area contributed by atoms with Gasteiger partial charge in [-0.3, -0.25) is 14.7 Å². The summed E-state index contributed by atoms with van der Waals surface area (Å²) in [6.07, 6.45) is -0.147. The van der Waals surface area contributed by atoms with Crippen LogP contribution in [0, 0.1) is 6.92 Å². The van der Waals surface area contributed by atoms with Crippen LogP contribution in [0.15, 0.2) is 29.5 Å². The zero-order chi connectivity index (χ0) is 23.9. The minimum atomic E-state index is -4.24. The van der Waals surface area contributed by atoms with E-state index in [-0.39, 0.29) is 16.7 Å². The molecule has 34 heavy (non-hydrogen) atoms. The summed E-state index contributed by atoms with van der Waals surface area (Å²) < 4.78 is 38.4. The number of nitrogens with zero attached hydrogens (tertiary/aromatic N) is 4. The molecule has 0 amide bonds. The average Bonchev–Trinajstić information content (AvgIpc) is 3.18. The first-order valence-electron chi connectivity index (χ1n) is 11.2. The quantitative estimate of drug-likeness (QED) is 0.548. The number of halogens is 3. The van der Waals surface area contributed by atoms with Crippen LogP contribution in [0.3, 0.4) is 0 Å². The van der Waals surface area contributed by atoms with Gasteiger partial charge < -0.3 is 5.32 Å². The molecule has 6 nitrogen and oxygen atoms in total. The maximum Gasteiger partial charge on any atom is 0.393 e. The molecule has 2 aliphatic rings. The molecular weight excluding hydrogens is 463 g/mol. The summed E-state index contributed by atoms with van der Waals surface area (Å²) in [5, 5.41) is 4.09. The Morgan fingerprint density at radius 3 is 2.76 bits per heavy atom. The number of hydrogen-bond acceptors (Lipinski definition) is 7. The number of benzene rings is 1. The second-order valence-corrected chi connectivity index (χ2v) is 10.0. The van der Waals surface area contributed by atoms with Gasteiger partial charge in [-0.05, 0) is 42.5 Å². The molecule has 0 aliphatic carbocycles. The Labute approximate surface area is 198 Å². The van der Waals surface area contributed by atoms with Gasteiger partial charge in [0.25, 0.3) is 0 Å². The van der Waals surface area contributed by atoms with E-state index < -0.39 is 12.6 Å². The van der Waals surface area contributed by atoms with Gasteiger partial charge in [0.1, 0.15) is 17.0 Å². The van der Waals surface area contributed by atoms with Crippen LogP contribution in [0.1, 0.15) is 34.4 Å². The number of likely N-dealkylation sites (tertiary alicyclic amines) is 1. The highest BCUT2D eigenvalue weighted by Gasteiger charge is 2.29. The Balaban J connectivity index is 1.22. The Morgan fingerprint density at radius 1 is 1.21 bits per heavy atom. The van der Waals surface area contributed by atoms with Crippen molar-refractivity contribution in [2.75, 3.05) is 18.4 Å². The number of aliphatic imine (C=N–C) groups is 1. The zero-order valence-corrected chi connectivity index (χ0v) is 19.5. The van der Waals surface area contributed by atoms with Gasteiger partial charge in [0, 0.05) is 37.0 Å². The Bertz CT molecular complexity index is 1260. The van der Waals surface area contributed by atoms with Crippen molar-refractivity contribution in [2.45, 2.75) is 51.4 Å². The van der Waals surface area contributed by atoms with E-state index in [4.69, 9.17) is 0 Å². The maximum absolute atomic E-state index is 12.8. The monoisotopic (exact) mass is 487 g/mol. The molecule has 2 aromatic heterocycles. The maximum atomic E-state index is 12.8. The standard InChI is InChI=1S/C24H24F3N5OS/c1-14-16(3-2-15-8-18(33)11-28-21(14)15)12-32-6-4-17(5-7-32)31-22-20-9-19(10-24(25,26)27)34-23(20)30-13-29-22/h2-3,9,11,13,17H,4-8,10,12H2,1H3,(H,29,30,31). The van der Waals surface area contributed by atoms with Crippen LogP contribution >= 0.6 is 11.3 Å². The number of aromatic nitrogens is 2. The molecule has 0 saturated carbocycles. The van der Waals surface area contributed by atoms with E-state index in [1.807, 2.05) is 6.07 Å². The number of ketones is 1. The van der Waals surface area contributed by atoms with Gasteiger partial charge in [0.05, 0.1) is 23.7 Å². The molecule has 178 valence electrons. The first-order chi connectivity index (χ1) is 16.2. The van der Waals surface area contributed by atoms with E-state index in [1.165, 1.54) is 18.1 Å². The molecule has 1 saturated heterocycles. The average molecular weight is 488 g/mol. The second kappa shape index (κ2) is 9.07. The smallest absolute Gasteiger partial charge is 0.367 e. The number of Topliss-reactive ketones (excluding diaryl/α,β-unsaturated/α-hetero) is 1. The van der Waals surface area contributed by atoms with Crippen LogP contribution < -0.4 is 5.32 Å². The lowest BCUT2D eigenvalue weighted by Crippen LogP contribution is -2.39. The van der Waals surface area contributed by atoms with Crippen LogP contribution in [0.2, 0.25) is 0 Å². The summed E-state index contributed by atoms with van der Waals surface area (Å²) in [6, 6.07) is 5.86. The topological polar surface area (TPSA) is 70.5 Å². The minimum Gasteiger partial charge on any atom is -0.367 e. The largest absolute Gasteiger partial charge is 0.393 e. The van der Waals surface area contributed by atoms with Crippen molar-refractivity contribution in [3.8, 4) is 0 Å². The molecule has 5 rings (SSSR count). The van der Waals surface area contributed by atoms with E-state index >= 15 is 0 Å². The number of nitrogens with one attached hydrogen (secondary N) is 1. The molecule has 1 fully saturated rings. The van der Waals surface area contributed by atoms with Gasteiger partial charge in [-0.25, -0.2) is 9.97 Å². The van der Waals surface area contributed by atoms with Crippen molar-refractivity contribution < 1.29 is 18.0 Å². The van der Waals surface area contributed by atoms with Crippen LogP contribution in [0.25, 0.3) is 10.2 Å². The molecule has 3 aromatic rings. The molecule has 1 aromatic carbocycles. The first kappa shape index (κ1) is 22.9. The van der Waals surface area contributed by atoms with Crippen molar-refractivity contribution in [2.24, 2.45) is 4.99 Å². The van der Waals surface area contributed by atoms with Gasteiger partial charge in [-0.15, -0.1) is 11.3 Å². The molecule has 0 atom stereocenters. The number of anilines is 1. The summed E-state index contributed by atoms with van der Waals surface area (Å²) in [5.74, 6) is 0.639. The Morgan fingerprint density at radius 2 is 2.00 bits per heavy atom. The minimum absolute atomic E-state index is 0.0363. The first-order valence-corrected chi connectivity index (χ1v) is 12.0. The predicted molar refractivity (Wildman–Crippen MR) is 127 cm³/mol. The molecule has 0 spiro atoms. The van der Waals surface area contributed by atoms with Gasteiger partial charge >= 0.3 is 6.18 Å². The lowest BCUT2D eigenvalue weighted by molar-refractivity contribution is -0.126. The van der Waals surface area contributed by atoms with Gasteiger partial charge in [0.15, 0.2) is 5.78 Å². The number of piperidine rings is 1. The number of alkyl halides is 3. The fraction of sp³-hybridized carbons (Fsp3) is 0.417. The highest BCUT2D eigenvalue weighted by Crippen LogP contribution is 2.34. The molecule has 10 heteroatoms. The van der Waals surface area contributed by atoms with E-state index in [0.29, 0.717) is 22.5 Å². The van der Waals surface area contributed by atoms with Crippen LogP contribution in [0.5, 0.6) is 0 Å². The number of thiophene rings is 1. The van der Waals surface area contributed by atoms with Gasteiger partial charge in [-0.2, -0.15) is 13.2 Å². The number of hydrogen-bond donors (Lipinski definition) is 1. The SMILES string of the molecule is Cc1c(CN2CCC(Nc3ncnc4sc(CC(F)(F)F)cc34)CC2)ccc2c1N=CC(=O)C2. The number of fused-ring (bicyclic) bond motifs is 2. The second-order valence-electron chi connectivity index (χ2n) is 8.90. The van der Waals surface area contributed by atoms with E-state index in [1.54, 1.807) is 6.07 Å². The molecule has 0 radical (unpaired) electrons. The van der Waals surface area contributed by atoms with Crippen LogP contribution in [-0.2, 0) is 24.2 Å². The third-order valence-electron chi connectivity index (χ3n) is 6.41. The molecule has 0 bridgehead atoms. The van der Waals surface area contributed by atoms with Crippen molar-refractivity contribution in [3.05, 3.63) is 46.1 Å². The molecular formula is C24H24F3N5OS. The zero-order valence-electron chi connectivity index (χ0n) is 18.7. The highest BCUT2D eigenvalue weighted by atomic mass is 32.1. The lowest BCUT2D eigenvalue weighted by Gasteiger charge is -2.33. The van der Waals surface area contributed by atoms with E-state index in [2.05, 4.69) is 38.2 Å². The Hall–Kier alpha value is -2.85. The summed E-state index contributed by atoms with van der Waals surface area (Å²) in [5.41, 5.74) is 4.24. The molecule has 0 unspecified atom stereocenters. The normalized spacial score (nSPS) is 17.4. The lowest BCUT2D eigenvalue weighted by atomic mass is 9.96. The third-order valence-corrected chi connectivity index (χ3v) is 7.45. The van der Waals surface area contributed by atoms with Crippen molar-refractivity contribution in [3.63, 3.8) is 0 Å². The third kappa shape index (κ3) is 4.97. The van der Waals surface area contributed by atoms with E-state index in [9.17, 15) is 18.0 Å². The van der Waals surface area contributed by atoms with Crippen LogP contribution in [-0.4, -0.2) is 52.2 Å². The fourth-order valence-electron chi connectivity index (χ4n) is 4.64. The van der Waals surface area contributed by atoms with Gasteiger partial charge in [0.2, 0.25) is 0 Å². The predicted octanol–water partition coefficient (Wildman–Crippen LogP) is 5.01. The number of carbonyl (C=O) groups excluding carboxylic acids is 1. The van der Waals surface area contributed by atoms with Crippen molar-refractivity contribution >= 4 is 45.1 Å². The number of carbonyl (C=O) groups is 1. The summed E-state index contributed by atoms with van der Waals surface area (Å²) >= 11 is 1.07. The van der Waals surface area contributed by atoms with Crippen LogP contribution in [0.4, 0.5) is 24.7 Å². The molecule has 1 N–H and O–H groups in total. The molecule has 4 heterocycles. The molecule has 2 aliphatic heterocycles. The van der Waals surface area contributed by atoms with Crippen molar-refractivity contribution in [1.82, 2.24) is 14.9 Å². The summed E-state index contributed by atoms with van der Waals surface area (Å²) in [4.78, 5) is 27.6.